The number of urea groups is 1. The number of nitrogens with zero attached hydrogens (tertiary/aromatic N) is 2. The van der Waals surface area contributed by atoms with Gasteiger partial charge in [0.2, 0.25) is 0 Å². The maximum absolute atomic E-state index is 12.2. The van der Waals surface area contributed by atoms with E-state index in [-0.39, 0.29) is 6.03 Å². The second kappa shape index (κ2) is 8.98. The van der Waals surface area contributed by atoms with Crippen molar-refractivity contribution in [3.63, 3.8) is 0 Å². The van der Waals surface area contributed by atoms with Crippen LogP contribution in [0.4, 0.5) is 26.7 Å². The van der Waals surface area contributed by atoms with Crippen molar-refractivity contribution in [1.82, 2.24) is 4.90 Å². The van der Waals surface area contributed by atoms with E-state index in [2.05, 4.69) is 15.5 Å². The molecular formula is C20H24N4O4. The number of carbonyl (C=O) groups is 2. The molecular weight excluding hydrogens is 360 g/mol. The molecule has 2 aromatic carbocycles. The number of carboxylic acid groups (broad SMARTS) is 1. The van der Waals surface area contributed by atoms with Gasteiger partial charge in [0.05, 0.1) is 6.61 Å². The molecule has 1 aliphatic heterocycles. The first-order valence-corrected chi connectivity index (χ1v) is 9.19. The molecule has 1 fully saturated rings. The first kappa shape index (κ1) is 19.3. The summed E-state index contributed by atoms with van der Waals surface area (Å²) in [4.78, 5) is 26.7. The monoisotopic (exact) mass is 384 g/mol. The number of nitrogens with one attached hydrogen (secondary N) is 2. The Morgan fingerprint density at radius 2 is 1.46 bits per heavy atom. The third-order valence-corrected chi connectivity index (χ3v) is 4.46. The Morgan fingerprint density at radius 1 is 0.929 bits per heavy atom. The molecule has 0 spiro atoms. The van der Waals surface area contributed by atoms with Crippen LogP contribution in [-0.4, -0.2) is 54.9 Å². The number of hydrogen-bond acceptors (Lipinski definition) is 4. The summed E-state index contributed by atoms with van der Waals surface area (Å²) in [6, 6.07) is 14.3. The lowest BCUT2D eigenvalue weighted by Crippen LogP contribution is -2.48. The third-order valence-electron chi connectivity index (χ3n) is 4.46. The molecule has 0 bridgehead atoms. The Hall–Kier alpha value is -3.42. The van der Waals surface area contributed by atoms with Crippen LogP contribution in [0.15, 0.2) is 48.5 Å². The minimum Gasteiger partial charge on any atom is -0.494 e. The number of hydrogen-bond donors (Lipinski definition) is 3. The molecule has 0 aliphatic carbocycles. The highest BCUT2D eigenvalue weighted by Gasteiger charge is 2.20. The number of amides is 3. The molecule has 3 rings (SSSR count). The molecule has 3 amide bonds. The van der Waals surface area contributed by atoms with Crippen molar-refractivity contribution in [1.29, 1.82) is 0 Å². The first-order chi connectivity index (χ1) is 13.5. The number of ether oxygens (including phenoxy) is 1. The summed E-state index contributed by atoms with van der Waals surface area (Å²) < 4.78 is 5.38. The summed E-state index contributed by atoms with van der Waals surface area (Å²) in [5.41, 5.74) is 2.35. The molecule has 1 heterocycles. The van der Waals surface area contributed by atoms with Crippen molar-refractivity contribution in [3.05, 3.63) is 48.5 Å². The van der Waals surface area contributed by atoms with Gasteiger partial charge >= 0.3 is 12.1 Å². The largest absolute Gasteiger partial charge is 0.494 e. The van der Waals surface area contributed by atoms with E-state index in [1.165, 1.54) is 4.90 Å². The topological polar surface area (TPSA) is 94.1 Å². The van der Waals surface area contributed by atoms with Crippen LogP contribution in [0.5, 0.6) is 5.75 Å². The van der Waals surface area contributed by atoms with Crippen molar-refractivity contribution in [2.75, 3.05) is 48.3 Å². The number of piperazine rings is 1. The summed E-state index contributed by atoms with van der Waals surface area (Å²) >= 11 is 0. The second-order valence-electron chi connectivity index (χ2n) is 6.34. The lowest BCUT2D eigenvalue weighted by atomic mass is 10.2. The average Bonchev–Trinajstić information content (AvgIpc) is 2.70. The Balaban J connectivity index is 1.51. The summed E-state index contributed by atoms with van der Waals surface area (Å²) in [6.45, 7) is 4.79. The maximum Gasteiger partial charge on any atom is 0.407 e. The molecule has 1 aliphatic rings. The van der Waals surface area contributed by atoms with Crippen molar-refractivity contribution < 1.29 is 19.4 Å². The van der Waals surface area contributed by atoms with E-state index in [0.717, 1.165) is 11.4 Å². The molecule has 1 saturated heterocycles. The van der Waals surface area contributed by atoms with Gasteiger partial charge in [0.25, 0.3) is 0 Å². The lowest BCUT2D eigenvalue weighted by molar-refractivity contribution is 0.142. The Morgan fingerprint density at radius 3 is 1.96 bits per heavy atom. The second-order valence-corrected chi connectivity index (χ2v) is 6.34. The molecule has 0 unspecified atom stereocenters. The zero-order valence-electron chi connectivity index (χ0n) is 15.7. The zero-order valence-corrected chi connectivity index (χ0v) is 15.7. The normalized spacial score (nSPS) is 13.8. The Bertz CT molecular complexity index is 800. The molecule has 28 heavy (non-hydrogen) atoms. The maximum atomic E-state index is 12.2. The number of benzene rings is 2. The van der Waals surface area contributed by atoms with Gasteiger partial charge in [0, 0.05) is 43.2 Å². The van der Waals surface area contributed by atoms with E-state index < -0.39 is 6.09 Å². The van der Waals surface area contributed by atoms with Gasteiger partial charge in [-0.2, -0.15) is 0 Å². The third kappa shape index (κ3) is 5.06. The van der Waals surface area contributed by atoms with Gasteiger partial charge in [-0.25, -0.2) is 9.59 Å². The van der Waals surface area contributed by atoms with Crippen LogP contribution < -0.4 is 20.3 Å². The van der Waals surface area contributed by atoms with Gasteiger partial charge in [-0.15, -0.1) is 0 Å². The van der Waals surface area contributed by atoms with Crippen LogP contribution in [0, 0.1) is 0 Å². The van der Waals surface area contributed by atoms with Gasteiger partial charge in [-0.1, -0.05) is 0 Å². The Labute approximate surface area is 163 Å². The van der Waals surface area contributed by atoms with Crippen LogP contribution in [0.1, 0.15) is 6.92 Å². The van der Waals surface area contributed by atoms with Gasteiger partial charge < -0.3 is 30.3 Å². The predicted molar refractivity (Wildman–Crippen MR) is 109 cm³/mol. The highest BCUT2D eigenvalue weighted by atomic mass is 16.5. The van der Waals surface area contributed by atoms with E-state index in [9.17, 15) is 9.59 Å². The van der Waals surface area contributed by atoms with Crippen molar-refractivity contribution >= 4 is 29.2 Å². The average molecular weight is 384 g/mol. The predicted octanol–water partition coefficient (Wildman–Crippen LogP) is 3.53. The minimum absolute atomic E-state index is 0.327. The molecule has 8 heteroatoms. The lowest BCUT2D eigenvalue weighted by Gasteiger charge is -2.34. The highest BCUT2D eigenvalue weighted by Crippen LogP contribution is 2.20. The molecule has 2 aromatic rings. The van der Waals surface area contributed by atoms with Crippen LogP contribution in [0.25, 0.3) is 0 Å². The summed E-state index contributed by atoms with van der Waals surface area (Å²) in [5, 5.41) is 14.6. The molecule has 0 radical (unpaired) electrons. The summed E-state index contributed by atoms with van der Waals surface area (Å²) in [5.74, 6) is 0.758. The van der Waals surface area contributed by atoms with Gasteiger partial charge in [-0.3, -0.25) is 0 Å². The van der Waals surface area contributed by atoms with Crippen molar-refractivity contribution in [2.45, 2.75) is 6.92 Å². The molecule has 0 atom stereocenters. The fourth-order valence-corrected chi connectivity index (χ4v) is 3.01. The molecule has 0 saturated carbocycles. The zero-order chi connectivity index (χ0) is 19.9. The number of anilines is 3. The molecule has 148 valence electrons. The van der Waals surface area contributed by atoms with Crippen LogP contribution in [-0.2, 0) is 0 Å². The van der Waals surface area contributed by atoms with E-state index in [1.807, 2.05) is 31.2 Å². The van der Waals surface area contributed by atoms with Gasteiger partial charge in [0.15, 0.2) is 0 Å². The fourth-order valence-electron chi connectivity index (χ4n) is 3.01. The van der Waals surface area contributed by atoms with E-state index in [4.69, 9.17) is 9.84 Å². The summed E-state index contributed by atoms with van der Waals surface area (Å²) in [6.07, 6.45) is -0.877. The van der Waals surface area contributed by atoms with Crippen LogP contribution in [0.3, 0.4) is 0 Å². The molecule has 0 aromatic heterocycles. The van der Waals surface area contributed by atoms with E-state index in [1.54, 1.807) is 24.3 Å². The van der Waals surface area contributed by atoms with Gasteiger partial charge in [-0.05, 0) is 55.5 Å². The molecule has 8 nitrogen and oxygen atoms in total. The van der Waals surface area contributed by atoms with Crippen molar-refractivity contribution in [3.8, 4) is 5.75 Å². The van der Waals surface area contributed by atoms with E-state index in [0.29, 0.717) is 44.2 Å². The standard InChI is InChI=1S/C20H24N4O4/c1-2-28-18-9-5-16(6-10-18)22-19(25)21-15-3-7-17(8-4-15)23-11-13-24(14-12-23)20(26)27/h3-10H,2,11-14H2,1H3,(H,26,27)(H2,21,22,25). The Kier molecular flexibility index (Phi) is 6.21. The number of rotatable bonds is 5. The quantitative estimate of drug-likeness (QED) is 0.733. The van der Waals surface area contributed by atoms with Crippen LogP contribution >= 0.6 is 0 Å². The summed E-state index contributed by atoms with van der Waals surface area (Å²) in [7, 11) is 0. The SMILES string of the molecule is CCOc1ccc(NC(=O)Nc2ccc(N3CCN(C(=O)O)CC3)cc2)cc1. The molecule has 3 N–H and O–H groups in total. The van der Waals surface area contributed by atoms with Crippen LogP contribution in [0.2, 0.25) is 0 Å². The van der Waals surface area contributed by atoms with E-state index >= 15 is 0 Å². The number of carbonyl (C=O) groups excluding carboxylic acids is 1. The minimum atomic E-state index is -0.877. The van der Waals surface area contributed by atoms with Crippen molar-refractivity contribution in [2.24, 2.45) is 0 Å². The smallest absolute Gasteiger partial charge is 0.407 e. The highest BCUT2D eigenvalue weighted by molar-refractivity contribution is 5.99. The van der Waals surface area contributed by atoms with Gasteiger partial charge in [0.1, 0.15) is 5.75 Å². The first-order valence-electron chi connectivity index (χ1n) is 9.19. The fraction of sp³-hybridized carbons (Fsp3) is 0.300.